The van der Waals surface area contributed by atoms with Gasteiger partial charge in [0.2, 0.25) is 0 Å². The molecule has 0 unspecified atom stereocenters. The second-order valence-electron chi connectivity index (χ2n) is 1.39. The third kappa shape index (κ3) is 1.49. The van der Waals surface area contributed by atoms with Gasteiger partial charge in [0.15, 0.2) is 0 Å². The molecule has 0 saturated carbocycles. The second-order valence-corrected chi connectivity index (χ2v) is 1.39. The number of allylic oxidation sites excluding steroid dienone is 6. The predicted octanol–water partition coefficient (Wildman–Crippen LogP) is 1.67. The van der Waals surface area contributed by atoms with Gasteiger partial charge in [-0.3, -0.25) is 0 Å². The van der Waals surface area contributed by atoms with Crippen molar-refractivity contribution < 1.29 is 0 Å². The van der Waals surface area contributed by atoms with Crippen molar-refractivity contribution in [1.29, 1.82) is 0 Å². The van der Waals surface area contributed by atoms with Gasteiger partial charge >= 0.3 is 0 Å². The van der Waals surface area contributed by atoms with Crippen molar-refractivity contribution in [3.8, 4) is 11.8 Å². The molecule has 0 aromatic rings. The van der Waals surface area contributed by atoms with Crippen molar-refractivity contribution in [1.82, 2.24) is 0 Å². The highest BCUT2D eigenvalue weighted by Gasteiger charge is 1.63. The van der Waals surface area contributed by atoms with Crippen molar-refractivity contribution in [3.05, 3.63) is 36.5 Å². The van der Waals surface area contributed by atoms with Crippen LogP contribution in [0.4, 0.5) is 0 Å². The molecular formula is C8H6. The predicted molar refractivity (Wildman–Crippen MR) is 35.2 cm³/mol. The van der Waals surface area contributed by atoms with E-state index in [4.69, 9.17) is 0 Å². The summed E-state index contributed by atoms with van der Waals surface area (Å²) in [5.74, 6) is 5.64. The van der Waals surface area contributed by atoms with Crippen LogP contribution < -0.4 is 0 Å². The summed E-state index contributed by atoms with van der Waals surface area (Å²) in [6, 6.07) is 0. The van der Waals surface area contributed by atoms with Crippen LogP contribution in [0.15, 0.2) is 36.5 Å². The van der Waals surface area contributed by atoms with Crippen LogP contribution in [0.2, 0.25) is 0 Å². The smallest absolute Gasteiger partial charge is 0.0115 e. The number of hydrogen-bond donors (Lipinski definition) is 0. The van der Waals surface area contributed by atoms with Crippen LogP contribution in [-0.2, 0) is 0 Å². The Hall–Kier alpha value is -1.22. The summed E-state index contributed by atoms with van der Waals surface area (Å²) in [5, 5.41) is 0. The zero-order valence-corrected chi connectivity index (χ0v) is 4.46. The lowest BCUT2D eigenvalue weighted by Gasteiger charge is -1.73. The van der Waals surface area contributed by atoms with Crippen LogP contribution in [0.1, 0.15) is 0 Å². The molecule has 0 aromatic carbocycles. The minimum absolute atomic E-state index is 1.82. The largest absolute Gasteiger partial charge is 0.0702 e. The normalized spacial score (nSPS) is 18.0. The third-order valence-corrected chi connectivity index (χ3v) is 0.776. The summed E-state index contributed by atoms with van der Waals surface area (Å²) in [6.45, 7) is 0. The van der Waals surface area contributed by atoms with Gasteiger partial charge in [0.05, 0.1) is 0 Å². The summed E-state index contributed by atoms with van der Waals surface area (Å²) in [7, 11) is 0. The van der Waals surface area contributed by atoms with Crippen molar-refractivity contribution >= 4 is 0 Å². The van der Waals surface area contributed by atoms with Gasteiger partial charge in [-0.25, -0.2) is 0 Å². The second kappa shape index (κ2) is 2.87. The van der Waals surface area contributed by atoms with E-state index >= 15 is 0 Å². The molecule has 0 saturated heterocycles. The van der Waals surface area contributed by atoms with Gasteiger partial charge in [0.25, 0.3) is 0 Å². The lowest BCUT2D eigenvalue weighted by molar-refractivity contribution is 1.89. The Morgan fingerprint density at radius 2 is 1.12 bits per heavy atom. The van der Waals surface area contributed by atoms with E-state index in [0.717, 1.165) is 0 Å². The van der Waals surface area contributed by atoms with Crippen molar-refractivity contribution in [2.75, 3.05) is 0 Å². The van der Waals surface area contributed by atoms with Gasteiger partial charge in [-0.2, -0.15) is 0 Å². The minimum atomic E-state index is 1.82. The average molecular weight is 102 g/mol. The monoisotopic (exact) mass is 102 g/mol. The van der Waals surface area contributed by atoms with E-state index in [-0.39, 0.29) is 0 Å². The summed E-state index contributed by atoms with van der Waals surface area (Å²) < 4.78 is 0. The molecule has 0 aliphatic heterocycles. The molecule has 1 rings (SSSR count). The van der Waals surface area contributed by atoms with Gasteiger partial charge in [0, 0.05) is 0 Å². The lowest BCUT2D eigenvalue weighted by Crippen LogP contribution is -1.56. The van der Waals surface area contributed by atoms with E-state index in [9.17, 15) is 0 Å². The van der Waals surface area contributed by atoms with Crippen LogP contribution in [0.25, 0.3) is 0 Å². The highest BCUT2D eigenvalue weighted by molar-refractivity contribution is 5.30. The molecule has 0 spiro atoms. The molecule has 0 heterocycles. The van der Waals surface area contributed by atoms with E-state index in [1.807, 2.05) is 36.5 Å². The van der Waals surface area contributed by atoms with E-state index in [1.165, 1.54) is 0 Å². The van der Waals surface area contributed by atoms with E-state index in [0.29, 0.717) is 0 Å². The van der Waals surface area contributed by atoms with Crippen LogP contribution in [0.5, 0.6) is 0 Å². The van der Waals surface area contributed by atoms with E-state index in [2.05, 4.69) is 11.8 Å². The van der Waals surface area contributed by atoms with Crippen molar-refractivity contribution in [2.45, 2.75) is 0 Å². The molecule has 0 heteroatoms. The van der Waals surface area contributed by atoms with Crippen LogP contribution in [0.3, 0.4) is 0 Å². The maximum Gasteiger partial charge on any atom is -0.0115 e. The molecule has 0 aromatic heterocycles. The summed E-state index contributed by atoms with van der Waals surface area (Å²) in [6.07, 6.45) is 11.4. The molecule has 0 bridgehead atoms. The molecule has 0 radical (unpaired) electrons. The van der Waals surface area contributed by atoms with Crippen LogP contribution >= 0.6 is 0 Å². The molecule has 1 aliphatic rings. The molecule has 0 fully saturated rings. The maximum atomic E-state index is 2.82. The van der Waals surface area contributed by atoms with E-state index in [1.54, 1.807) is 0 Å². The fourth-order valence-electron chi connectivity index (χ4n) is 0.432. The Bertz CT molecular complexity index is 174. The van der Waals surface area contributed by atoms with Gasteiger partial charge in [-0.1, -0.05) is 36.1 Å². The molecule has 38 valence electrons. The van der Waals surface area contributed by atoms with Gasteiger partial charge in [-0.05, 0) is 12.2 Å². The van der Waals surface area contributed by atoms with E-state index < -0.39 is 0 Å². The first kappa shape index (κ1) is 4.93. The van der Waals surface area contributed by atoms with Crippen molar-refractivity contribution in [2.24, 2.45) is 0 Å². The Balaban J connectivity index is 2.76. The van der Waals surface area contributed by atoms with Gasteiger partial charge in [-0.15, -0.1) is 0 Å². The van der Waals surface area contributed by atoms with Crippen molar-refractivity contribution in [3.63, 3.8) is 0 Å². The summed E-state index contributed by atoms with van der Waals surface area (Å²) >= 11 is 0. The Morgan fingerprint density at radius 1 is 0.625 bits per heavy atom. The molecule has 0 amide bonds. The fraction of sp³-hybridized carbons (Fsp3) is 0. The number of rotatable bonds is 0. The van der Waals surface area contributed by atoms with Gasteiger partial charge < -0.3 is 0 Å². The molecular weight excluding hydrogens is 96.1 g/mol. The Labute approximate surface area is 49.2 Å². The first-order valence-electron chi connectivity index (χ1n) is 2.49. The quantitative estimate of drug-likeness (QED) is 0.408. The minimum Gasteiger partial charge on any atom is -0.0702 e. The molecule has 1 aliphatic carbocycles. The standard InChI is InChI=1S/C8H6/c1-2-4-6-8-7-5-3-1/h1-6H/b2-1?,3-1?,4-2?,5-3-,6-4?. The number of hydrogen-bond acceptors (Lipinski definition) is 0. The highest BCUT2D eigenvalue weighted by Crippen LogP contribution is 1.81. The zero-order valence-electron chi connectivity index (χ0n) is 4.46. The molecule has 0 N–H and O–H groups in total. The average Bonchev–Trinajstić information content (AvgIpc) is 1.62. The summed E-state index contributed by atoms with van der Waals surface area (Å²) in [4.78, 5) is 0. The van der Waals surface area contributed by atoms with Crippen LogP contribution in [0, 0.1) is 11.8 Å². The molecule has 0 nitrogen and oxygen atoms in total. The Morgan fingerprint density at radius 3 is 1.62 bits per heavy atom. The maximum absolute atomic E-state index is 2.82. The topological polar surface area (TPSA) is 0 Å². The third-order valence-electron chi connectivity index (χ3n) is 0.776. The molecule has 0 atom stereocenters. The summed E-state index contributed by atoms with van der Waals surface area (Å²) in [5.41, 5.74) is 0. The van der Waals surface area contributed by atoms with Gasteiger partial charge in [0.1, 0.15) is 0 Å². The zero-order chi connectivity index (χ0) is 5.66. The Kier molecular flexibility index (Phi) is 1.77. The first-order chi connectivity index (χ1) is 4.00. The van der Waals surface area contributed by atoms with Crippen LogP contribution in [-0.4, -0.2) is 0 Å². The lowest BCUT2D eigenvalue weighted by atomic mass is 10.3. The SMILES string of the molecule is C1#C/C=C\C=CC=C1. The first-order valence-corrected chi connectivity index (χ1v) is 2.49. The molecule has 8 heavy (non-hydrogen) atoms. The highest BCUT2D eigenvalue weighted by atomic mass is 13.7. The fourth-order valence-corrected chi connectivity index (χ4v) is 0.432.